The molecular formula is C32H47N5O4. The predicted octanol–water partition coefficient (Wildman–Crippen LogP) is 4.53. The highest BCUT2D eigenvalue weighted by atomic mass is 16.3. The first-order valence-electron chi connectivity index (χ1n) is 15.3. The Morgan fingerprint density at radius 2 is 1.73 bits per heavy atom. The van der Waals surface area contributed by atoms with Crippen molar-refractivity contribution in [3.05, 3.63) is 53.6 Å². The van der Waals surface area contributed by atoms with Gasteiger partial charge in [-0.15, -0.1) is 0 Å². The summed E-state index contributed by atoms with van der Waals surface area (Å²) in [5.74, 6) is -0.292. The smallest absolute Gasteiger partial charge is 0.318 e. The van der Waals surface area contributed by atoms with Crippen molar-refractivity contribution in [1.82, 2.24) is 25.1 Å². The highest BCUT2D eigenvalue weighted by Crippen LogP contribution is 2.29. The lowest BCUT2D eigenvalue weighted by Crippen LogP contribution is -2.63. The number of Topliss-reactive ketones (excluding diaryl/α,β-unsaturated/α-hetero) is 1. The molecule has 0 unspecified atom stereocenters. The Kier molecular flexibility index (Phi) is 10.6. The summed E-state index contributed by atoms with van der Waals surface area (Å²) in [6, 6.07) is 7.73. The molecule has 9 heteroatoms. The molecular weight excluding hydrogens is 518 g/mol. The van der Waals surface area contributed by atoms with Gasteiger partial charge in [0.25, 0.3) is 0 Å². The molecule has 4 rings (SSSR count). The number of carbonyl (C=O) groups excluding carboxylic acids is 3. The van der Waals surface area contributed by atoms with Crippen molar-refractivity contribution in [2.45, 2.75) is 109 Å². The lowest BCUT2D eigenvalue weighted by atomic mass is 9.82. The number of aryl methyl sites for hydroxylation is 1. The van der Waals surface area contributed by atoms with Crippen molar-refractivity contribution in [2.75, 3.05) is 13.1 Å². The van der Waals surface area contributed by atoms with Gasteiger partial charge >= 0.3 is 6.03 Å². The number of carbonyl (C=O) groups is 3. The molecule has 2 fully saturated rings. The van der Waals surface area contributed by atoms with E-state index in [9.17, 15) is 19.5 Å². The number of hydrogen-bond acceptors (Lipinski definition) is 5. The maximum Gasteiger partial charge on any atom is 0.318 e. The fourth-order valence-corrected chi connectivity index (χ4v) is 6.17. The van der Waals surface area contributed by atoms with E-state index in [0.717, 1.165) is 55.5 Å². The molecule has 0 bridgehead atoms. The summed E-state index contributed by atoms with van der Waals surface area (Å²) in [7, 11) is 0. The van der Waals surface area contributed by atoms with E-state index in [2.05, 4.69) is 15.3 Å². The van der Waals surface area contributed by atoms with Gasteiger partial charge in [0, 0.05) is 25.2 Å². The molecule has 1 aromatic heterocycles. The number of aromatic amines is 1. The van der Waals surface area contributed by atoms with Crippen LogP contribution in [0.4, 0.5) is 4.79 Å². The van der Waals surface area contributed by atoms with E-state index in [1.54, 1.807) is 16.1 Å². The van der Waals surface area contributed by atoms with Gasteiger partial charge in [-0.3, -0.25) is 9.59 Å². The highest BCUT2D eigenvalue weighted by molar-refractivity contribution is 5.95. The SMILES string of the molecule is Cc1[nH]cnc1CN1CCN(C(=O)N[C@@H](CC(C)C)C(=O)C2(O)CCCCCCCC2)[C@@H](Cc2ccccc2)C1=O. The molecule has 1 aromatic carbocycles. The summed E-state index contributed by atoms with van der Waals surface area (Å²) in [5.41, 5.74) is 1.24. The van der Waals surface area contributed by atoms with Crippen molar-refractivity contribution in [2.24, 2.45) is 5.92 Å². The number of urea groups is 1. The Hall–Kier alpha value is -3.20. The van der Waals surface area contributed by atoms with Crippen LogP contribution in [-0.4, -0.2) is 73.4 Å². The fraction of sp³-hybridized carbons (Fsp3) is 0.625. The molecule has 2 aromatic rings. The minimum atomic E-state index is -1.43. The summed E-state index contributed by atoms with van der Waals surface area (Å²) in [6.07, 6.45) is 9.14. The van der Waals surface area contributed by atoms with E-state index in [1.807, 2.05) is 51.1 Å². The minimum Gasteiger partial charge on any atom is -0.382 e. The van der Waals surface area contributed by atoms with Crippen LogP contribution in [0.2, 0.25) is 0 Å². The van der Waals surface area contributed by atoms with Crippen LogP contribution in [-0.2, 0) is 22.6 Å². The number of imidazole rings is 1. The number of H-pyrrole nitrogens is 1. The largest absolute Gasteiger partial charge is 0.382 e. The number of aromatic nitrogens is 2. The Bertz CT molecular complexity index is 1150. The number of amides is 3. The zero-order valence-electron chi connectivity index (χ0n) is 24.9. The average molecular weight is 566 g/mol. The van der Waals surface area contributed by atoms with Crippen LogP contribution < -0.4 is 5.32 Å². The van der Waals surface area contributed by atoms with Crippen molar-refractivity contribution >= 4 is 17.7 Å². The molecule has 224 valence electrons. The summed E-state index contributed by atoms with van der Waals surface area (Å²) in [5, 5.41) is 14.5. The number of ketones is 1. The number of benzene rings is 1. The molecule has 0 radical (unpaired) electrons. The standard InChI is InChI=1S/C32H47N5O4/c1-23(2)19-26(29(38)32(41)15-11-6-4-5-7-12-16-32)35-31(40)37-18-17-36(21-27-24(3)33-22-34-27)30(39)28(37)20-25-13-9-8-10-14-25/h8-10,13-14,22-23,26,28,41H,4-7,11-12,15-21H2,1-3H3,(H,33,34)(H,35,40)/t26-,28-/m0/s1. The van der Waals surface area contributed by atoms with Crippen molar-refractivity contribution in [3.63, 3.8) is 0 Å². The molecule has 2 heterocycles. The van der Waals surface area contributed by atoms with E-state index in [4.69, 9.17) is 0 Å². The number of nitrogens with zero attached hydrogens (tertiary/aromatic N) is 3. The van der Waals surface area contributed by atoms with Gasteiger partial charge in [-0.2, -0.15) is 0 Å². The maximum atomic E-state index is 13.9. The third-order valence-corrected chi connectivity index (χ3v) is 8.60. The van der Waals surface area contributed by atoms with Crippen LogP contribution in [0.25, 0.3) is 0 Å². The molecule has 0 spiro atoms. The van der Waals surface area contributed by atoms with E-state index in [1.165, 1.54) is 0 Å². The number of rotatable bonds is 9. The van der Waals surface area contributed by atoms with Gasteiger partial charge in [0.1, 0.15) is 11.6 Å². The molecule has 2 aliphatic rings. The lowest BCUT2D eigenvalue weighted by molar-refractivity contribution is -0.142. The van der Waals surface area contributed by atoms with Gasteiger partial charge in [0.15, 0.2) is 5.78 Å². The van der Waals surface area contributed by atoms with Crippen LogP contribution in [0, 0.1) is 12.8 Å². The Morgan fingerprint density at radius 1 is 1.07 bits per heavy atom. The van der Waals surface area contributed by atoms with Crippen LogP contribution in [0.15, 0.2) is 36.7 Å². The second kappa shape index (κ2) is 14.1. The first-order valence-corrected chi connectivity index (χ1v) is 15.3. The predicted molar refractivity (Wildman–Crippen MR) is 158 cm³/mol. The van der Waals surface area contributed by atoms with E-state index >= 15 is 0 Å². The second-order valence-corrected chi connectivity index (χ2v) is 12.3. The van der Waals surface area contributed by atoms with Crippen molar-refractivity contribution in [3.8, 4) is 0 Å². The van der Waals surface area contributed by atoms with Gasteiger partial charge in [0.05, 0.1) is 24.6 Å². The Labute approximate surface area is 244 Å². The summed E-state index contributed by atoms with van der Waals surface area (Å²) in [6.45, 7) is 7.03. The van der Waals surface area contributed by atoms with Crippen LogP contribution in [0.5, 0.6) is 0 Å². The van der Waals surface area contributed by atoms with E-state index in [-0.39, 0.29) is 17.6 Å². The molecule has 2 atom stereocenters. The number of nitrogens with one attached hydrogen (secondary N) is 2. The number of hydrogen-bond donors (Lipinski definition) is 3. The second-order valence-electron chi connectivity index (χ2n) is 12.3. The van der Waals surface area contributed by atoms with E-state index in [0.29, 0.717) is 45.3 Å². The van der Waals surface area contributed by atoms with Gasteiger partial charge in [-0.1, -0.05) is 82.7 Å². The zero-order valence-corrected chi connectivity index (χ0v) is 24.9. The third-order valence-electron chi connectivity index (χ3n) is 8.60. The number of aliphatic hydroxyl groups is 1. The first-order chi connectivity index (χ1) is 19.7. The Balaban J connectivity index is 1.54. The van der Waals surface area contributed by atoms with Gasteiger partial charge in [-0.25, -0.2) is 9.78 Å². The van der Waals surface area contributed by atoms with E-state index < -0.39 is 23.7 Å². The molecule has 1 saturated heterocycles. The highest BCUT2D eigenvalue weighted by Gasteiger charge is 2.43. The third kappa shape index (κ3) is 7.97. The van der Waals surface area contributed by atoms with Crippen LogP contribution in [0.3, 0.4) is 0 Å². The van der Waals surface area contributed by atoms with Crippen LogP contribution >= 0.6 is 0 Å². The van der Waals surface area contributed by atoms with Gasteiger partial charge in [0.2, 0.25) is 5.91 Å². The fourth-order valence-electron chi connectivity index (χ4n) is 6.17. The average Bonchev–Trinajstić information content (AvgIpc) is 3.39. The Morgan fingerprint density at radius 3 is 2.34 bits per heavy atom. The molecule has 41 heavy (non-hydrogen) atoms. The summed E-state index contributed by atoms with van der Waals surface area (Å²) >= 11 is 0. The summed E-state index contributed by atoms with van der Waals surface area (Å²) < 4.78 is 0. The monoisotopic (exact) mass is 565 g/mol. The zero-order chi connectivity index (χ0) is 29.4. The maximum absolute atomic E-state index is 13.9. The molecule has 1 aliphatic heterocycles. The summed E-state index contributed by atoms with van der Waals surface area (Å²) in [4.78, 5) is 52.4. The van der Waals surface area contributed by atoms with Crippen molar-refractivity contribution < 1.29 is 19.5 Å². The topological polar surface area (TPSA) is 119 Å². The van der Waals surface area contributed by atoms with Gasteiger partial charge < -0.3 is 25.2 Å². The minimum absolute atomic E-state index is 0.139. The van der Waals surface area contributed by atoms with Gasteiger partial charge in [-0.05, 0) is 37.7 Å². The normalized spacial score (nSPS) is 20.7. The van der Waals surface area contributed by atoms with Crippen molar-refractivity contribution in [1.29, 1.82) is 0 Å². The lowest BCUT2D eigenvalue weighted by Gasteiger charge is -2.41. The molecule has 9 nitrogen and oxygen atoms in total. The molecule has 1 saturated carbocycles. The first kappa shape index (κ1) is 30.8. The number of piperazine rings is 1. The molecule has 1 aliphatic carbocycles. The molecule has 3 N–H and O–H groups in total. The van der Waals surface area contributed by atoms with Crippen LogP contribution in [0.1, 0.15) is 88.6 Å². The quantitative estimate of drug-likeness (QED) is 0.413. The molecule has 3 amide bonds.